The van der Waals surface area contributed by atoms with Gasteiger partial charge in [-0.2, -0.15) is 11.3 Å². The van der Waals surface area contributed by atoms with E-state index in [1.807, 2.05) is 0 Å². The second-order valence-electron chi connectivity index (χ2n) is 4.47. The van der Waals surface area contributed by atoms with Crippen molar-refractivity contribution in [3.63, 3.8) is 0 Å². The Morgan fingerprint density at radius 2 is 1.95 bits per heavy atom. The number of anilines is 1. The minimum atomic E-state index is 0.701. The van der Waals surface area contributed by atoms with E-state index in [1.165, 1.54) is 16.0 Å². The van der Waals surface area contributed by atoms with Crippen LogP contribution in [0.2, 0.25) is 0 Å². The molecule has 6 heteroatoms. The lowest BCUT2D eigenvalue weighted by Gasteiger charge is -2.06. The Labute approximate surface area is 119 Å². The van der Waals surface area contributed by atoms with Crippen LogP contribution in [0.1, 0.15) is 16.0 Å². The quantitative estimate of drug-likeness (QED) is 0.559. The normalized spacial score (nSPS) is 11.2. The van der Waals surface area contributed by atoms with E-state index < -0.39 is 0 Å². The SMILES string of the molecule is Cc1cscc1-c1nc(NN)c2c(C)c(C)sc2n1. The average Bonchev–Trinajstić information content (AvgIpc) is 2.93. The summed E-state index contributed by atoms with van der Waals surface area (Å²) in [7, 11) is 0. The molecule has 0 aliphatic carbocycles. The van der Waals surface area contributed by atoms with Gasteiger partial charge in [-0.3, -0.25) is 0 Å². The number of nitrogens with two attached hydrogens (primary N) is 1. The largest absolute Gasteiger partial charge is 0.308 e. The van der Waals surface area contributed by atoms with Gasteiger partial charge in [0.05, 0.1) is 5.39 Å². The van der Waals surface area contributed by atoms with Gasteiger partial charge in [0.15, 0.2) is 11.6 Å². The van der Waals surface area contributed by atoms with E-state index in [4.69, 9.17) is 5.84 Å². The summed E-state index contributed by atoms with van der Waals surface area (Å²) in [6.07, 6.45) is 0. The third kappa shape index (κ3) is 1.92. The molecule has 0 aliphatic heterocycles. The first kappa shape index (κ1) is 12.5. The van der Waals surface area contributed by atoms with Gasteiger partial charge < -0.3 is 5.43 Å². The molecule has 0 amide bonds. The number of nitrogens with one attached hydrogen (secondary N) is 1. The zero-order chi connectivity index (χ0) is 13.6. The van der Waals surface area contributed by atoms with Gasteiger partial charge in [0, 0.05) is 15.8 Å². The lowest BCUT2D eigenvalue weighted by molar-refractivity contribution is 1.19. The van der Waals surface area contributed by atoms with E-state index in [0.29, 0.717) is 5.82 Å². The Bertz CT molecular complexity index is 757. The molecule has 0 atom stereocenters. The summed E-state index contributed by atoms with van der Waals surface area (Å²) in [5.41, 5.74) is 6.17. The Morgan fingerprint density at radius 3 is 2.58 bits per heavy atom. The summed E-state index contributed by atoms with van der Waals surface area (Å²) in [6.45, 7) is 6.24. The van der Waals surface area contributed by atoms with Crippen molar-refractivity contribution in [2.75, 3.05) is 5.43 Å². The molecule has 0 radical (unpaired) electrons. The highest BCUT2D eigenvalue weighted by atomic mass is 32.1. The van der Waals surface area contributed by atoms with Gasteiger partial charge in [0.2, 0.25) is 0 Å². The number of aryl methyl sites for hydroxylation is 3. The van der Waals surface area contributed by atoms with Gasteiger partial charge in [-0.25, -0.2) is 15.8 Å². The second-order valence-corrected chi connectivity index (χ2v) is 6.42. The first-order chi connectivity index (χ1) is 9.11. The van der Waals surface area contributed by atoms with Crippen molar-refractivity contribution < 1.29 is 0 Å². The van der Waals surface area contributed by atoms with E-state index in [2.05, 4.69) is 46.9 Å². The molecule has 3 N–H and O–H groups in total. The predicted molar refractivity (Wildman–Crippen MR) is 82.7 cm³/mol. The Kier molecular flexibility index (Phi) is 3.00. The van der Waals surface area contributed by atoms with Crippen LogP contribution in [0.25, 0.3) is 21.6 Å². The molecule has 0 aromatic carbocycles. The summed E-state index contributed by atoms with van der Waals surface area (Å²) in [5, 5.41) is 5.20. The number of aromatic nitrogens is 2. The average molecular weight is 290 g/mol. The topological polar surface area (TPSA) is 63.8 Å². The smallest absolute Gasteiger partial charge is 0.164 e. The summed E-state index contributed by atoms with van der Waals surface area (Å²) in [4.78, 5) is 11.5. The number of hydrogen-bond acceptors (Lipinski definition) is 6. The molecule has 19 heavy (non-hydrogen) atoms. The first-order valence-electron chi connectivity index (χ1n) is 5.89. The molecule has 3 aromatic heterocycles. The van der Waals surface area contributed by atoms with Crippen molar-refractivity contribution in [3.05, 3.63) is 26.8 Å². The van der Waals surface area contributed by atoms with Gasteiger partial charge in [0.1, 0.15) is 4.83 Å². The number of hydrogen-bond donors (Lipinski definition) is 2. The van der Waals surface area contributed by atoms with Crippen molar-refractivity contribution in [1.82, 2.24) is 9.97 Å². The number of thiophene rings is 2. The molecule has 0 saturated carbocycles. The summed E-state index contributed by atoms with van der Waals surface area (Å²) < 4.78 is 0. The van der Waals surface area contributed by atoms with Crippen LogP contribution in [0.15, 0.2) is 10.8 Å². The lowest BCUT2D eigenvalue weighted by Crippen LogP contribution is -2.10. The summed E-state index contributed by atoms with van der Waals surface area (Å²) in [5.74, 6) is 7.06. The number of hydrazine groups is 1. The Morgan fingerprint density at radius 1 is 1.16 bits per heavy atom. The van der Waals surface area contributed by atoms with Crippen LogP contribution < -0.4 is 11.3 Å². The first-order valence-corrected chi connectivity index (χ1v) is 7.65. The van der Waals surface area contributed by atoms with Gasteiger partial charge in [-0.15, -0.1) is 11.3 Å². The molecule has 3 rings (SSSR count). The highest BCUT2D eigenvalue weighted by molar-refractivity contribution is 7.18. The number of fused-ring (bicyclic) bond motifs is 1. The van der Waals surface area contributed by atoms with Crippen LogP contribution in [0.4, 0.5) is 5.82 Å². The zero-order valence-electron chi connectivity index (χ0n) is 10.9. The van der Waals surface area contributed by atoms with Gasteiger partial charge in [-0.1, -0.05) is 0 Å². The molecular weight excluding hydrogens is 276 g/mol. The van der Waals surface area contributed by atoms with Crippen LogP contribution >= 0.6 is 22.7 Å². The maximum atomic E-state index is 5.62. The highest BCUT2D eigenvalue weighted by Crippen LogP contribution is 2.35. The summed E-state index contributed by atoms with van der Waals surface area (Å²) in [6, 6.07) is 0. The van der Waals surface area contributed by atoms with E-state index in [-0.39, 0.29) is 0 Å². The van der Waals surface area contributed by atoms with Gasteiger partial charge in [0.25, 0.3) is 0 Å². The molecule has 3 aromatic rings. The number of nitrogens with zero attached hydrogens (tertiary/aromatic N) is 2. The van der Waals surface area contributed by atoms with Gasteiger partial charge in [-0.05, 0) is 37.3 Å². The third-order valence-electron chi connectivity index (χ3n) is 3.26. The fraction of sp³-hybridized carbons (Fsp3) is 0.231. The minimum Gasteiger partial charge on any atom is -0.308 e. The van der Waals surface area contributed by atoms with Crippen LogP contribution in [0.5, 0.6) is 0 Å². The molecular formula is C13H14N4S2. The number of rotatable bonds is 2. The van der Waals surface area contributed by atoms with Crippen molar-refractivity contribution >= 4 is 38.7 Å². The van der Waals surface area contributed by atoms with Crippen molar-refractivity contribution in [2.24, 2.45) is 5.84 Å². The Balaban J connectivity index is 2.32. The number of nitrogen functional groups attached to an aromatic ring is 1. The molecule has 0 unspecified atom stereocenters. The fourth-order valence-corrected chi connectivity index (χ4v) is 3.92. The van der Waals surface area contributed by atoms with E-state index in [9.17, 15) is 0 Å². The fourth-order valence-electron chi connectivity index (χ4n) is 2.06. The second kappa shape index (κ2) is 4.56. The Hall–Kier alpha value is -1.50. The maximum absolute atomic E-state index is 5.62. The van der Waals surface area contributed by atoms with Crippen molar-refractivity contribution in [3.8, 4) is 11.4 Å². The van der Waals surface area contributed by atoms with Crippen molar-refractivity contribution in [1.29, 1.82) is 0 Å². The van der Waals surface area contributed by atoms with Crippen LogP contribution in [0, 0.1) is 20.8 Å². The third-order valence-corrected chi connectivity index (χ3v) is 5.22. The molecule has 4 nitrogen and oxygen atoms in total. The van der Waals surface area contributed by atoms with Crippen LogP contribution in [-0.4, -0.2) is 9.97 Å². The summed E-state index contributed by atoms with van der Waals surface area (Å²) >= 11 is 3.34. The molecule has 0 saturated heterocycles. The molecule has 98 valence electrons. The zero-order valence-corrected chi connectivity index (χ0v) is 12.6. The molecule has 0 aliphatic rings. The molecule has 3 heterocycles. The lowest BCUT2D eigenvalue weighted by atomic mass is 10.2. The van der Waals surface area contributed by atoms with Crippen molar-refractivity contribution in [2.45, 2.75) is 20.8 Å². The molecule has 0 spiro atoms. The van der Waals surface area contributed by atoms with E-state index >= 15 is 0 Å². The highest BCUT2D eigenvalue weighted by Gasteiger charge is 2.15. The van der Waals surface area contributed by atoms with E-state index in [0.717, 1.165) is 21.6 Å². The standard InChI is InChI=1S/C13H14N4S2/c1-6-4-18-5-9(6)11-15-12(17-14)10-7(2)8(3)19-13(10)16-11/h4-5H,14H2,1-3H3,(H,15,16,17). The van der Waals surface area contributed by atoms with Crippen LogP contribution in [0.3, 0.4) is 0 Å². The van der Waals surface area contributed by atoms with Gasteiger partial charge >= 0.3 is 0 Å². The molecule has 0 fully saturated rings. The minimum absolute atomic E-state index is 0.701. The monoisotopic (exact) mass is 290 g/mol. The van der Waals surface area contributed by atoms with E-state index in [1.54, 1.807) is 22.7 Å². The molecule has 0 bridgehead atoms. The maximum Gasteiger partial charge on any atom is 0.164 e. The van der Waals surface area contributed by atoms with Crippen LogP contribution in [-0.2, 0) is 0 Å². The predicted octanol–water partition coefficient (Wildman–Crippen LogP) is 3.63.